The van der Waals surface area contributed by atoms with Gasteiger partial charge in [0.2, 0.25) is 0 Å². The molecular weight excluding hydrogens is 254 g/mol. The van der Waals surface area contributed by atoms with E-state index < -0.39 is 10.1 Å². The molecular formula is C12H14NO4S+. The molecule has 1 aromatic carbocycles. The van der Waals surface area contributed by atoms with Gasteiger partial charge in [-0.15, -0.1) is 0 Å². The summed E-state index contributed by atoms with van der Waals surface area (Å²) in [5.74, 6) is -0.171. The van der Waals surface area contributed by atoms with E-state index in [2.05, 4.69) is 0 Å². The van der Waals surface area contributed by atoms with Crippen molar-refractivity contribution in [2.45, 2.75) is 6.42 Å². The third-order valence-corrected chi connectivity index (χ3v) is 3.41. The third-order valence-electron chi connectivity index (χ3n) is 2.66. The van der Waals surface area contributed by atoms with Crippen molar-refractivity contribution in [3.8, 4) is 5.75 Å². The maximum atomic E-state index is 10.6. The highest BCUT2D eigenvalue weighted by Crippen LogP contribution is 2.32. The first-order valence-electron chi connectivity index (χ1n) is 5.51. The summed E-state index contributed by atoms with van der Waals surface area (Å²) in [6.45, 7) is 0.566. The Bertz CT molecular complexity index is 617. The van der Waals surface area contributed by atoms with Crippen molar-refractivity contribution in [1.82, 2.24) is 0 Å². The van der Waals surface area contributed by atoms with Gasteiger partial charge in [0.15, 0.2) is 12.3 Å². The fraction of sp³-hybridized carbons (Fsp3) is 0.250. The summed E-state index contributed by atoms with van der Waals surface area (Å²) in [6, 6.07) is 5.20. The van der Waals surface area contributed by atoms with Crippen LogP contribution in [-0.2, 0) is 10.1 Å². The van der Waals surface area contributed by atoms with Crippen LogP contribution in [0.4, 0.5) is 5.69 Å². The van der Waals surface area contributed by atoms with E-state index in [9.17, 15) is 13.5 Å². The van der Waals surface area contributed by atoms with E-state index in [0.29, 0.717) is 12.2 Å². The molecule has 2 rings (SSSR count). The van der Waals surface area contributed by atoms with Crippen molar-refractivity contribution in [2.75, 3.05) is 12.3 Å². The van der Waals surface area contributed by atoms with Crippen molar-refractivity contribution in [1.29, 1.82) is 0 Å². The SMILES string of the molecule is O=S(=O)(O)CCC=[N+]1CC=Cc2cccc(O)c21. The molecule has 18 heavy (non-hydrogen) atoms. The maximum absolute atomic E-state index is 10.6. The monoisotopic (exact) mass is 268 g/mol. The highest BCUT2D eigenvalue weighted by atomic mass is 32.2. The van der Waals surface area contributed by atoms with Crippen molar-refractivity contribution < 1.29 is 22.7 Å². The molecule has 0 fully saturated rings. The Morgan fingerprint density at radius 1 is 1.39 bits per heavy atom. The van der Waals surface area contributed by atoms with Crippen molar-refractivity contribution >= 4 is 28.1 Å². The zero-order valence-electron chi connectivity index (χ0n) is 9.65. The molecule has 1 aromatic rings. The lowest BCUT2D eigenvalue weighted by atomic mass is 10.1. The largest absolute Gasteiger partial charge is 0.502 e. The van der Waals surface area contributed by atoms with Crippen LogP contribution in [-0.4, -0.2) is 41.2 Å². The lowest BCUT2D eigenvalue weighted by molar-refractivity contribution is -0.426. The molecule has 0 amide bonds. The number of para-hydroxylation sites is 1. The Labute approximate surface area is 105 Å². The Morgan fingerprint density at radius 3 is 2.89 bits per heavy atom. The molecule has 5 nitrogen and oxygen atoms in total. The number of phenolic OH excluding ortho intramolecular Hbond substituents is 1. The molecule has 0 bridgehead atoms. The second-order valence-corrected chi connectivity index (χ2v) is 5.60. The quantitative estimate of drug-likeness (QED) is 0.642. The van der Waals surface area contributed by atoms with E-state index in [0.717, 1.165) is 5.56 Å². The second-order valence-electron chi connectivity index (χ2n) is 4.03. The van der Waals surface area contributed by atoms with Crippen LogP contribution < -0.4 is 0 Å². The molecule has 1 aliphatic heterocycles. The standard InChI is InChI=1S/C12H13NO4S/c14-11-6-1-4-10-5-2-7-13(12(10)11)8-3-9-18(15,16)17/h1-2,4-6,8H,3,7,9H2,(H-,14,15,16,17)/p+1. The number of fused-ring (bicyclic) bond motifs is 1. The zero-order valence-corrected chi connectivity index (χ0v) is 10.5. The number of nitrogens with zero attached hydrogens (tertiary/aromatic N) is 1. The number of rotatable bonds is 3. The summed E-state index contributed by atoms with van der Waals surface area (Å²) >= 11 is 0. The molecule has 0 unspecified atom stereocenters. The Balaban J connectivity index is 2.27. The Morgan fingerprint density at radius 2 is 2.17 bits per heavy atom. The molecule has 0 saturated carbocycles. The average Bonchev–Trinajstić information content (AvgIpc) is 2.27. The fourth-order valence-electron chi connectivity index (χ4n) is 1.90. The molecule has 6 heteroatoms. The van der Waals surface area contributed by atoms with Gasteiger partial charge in [-0.1, -0.05) is 6.07 Å². The van der Waals surface area contributed by atoms with E-state index in [1.807, 2.05) is 18.2 Å². The minimum atomic E-state index is -3.95. The van der Waals surface area contributed by atoms with Crippen LogP contribution in [0, 0.1) is 0 Å². The van der Waals surface area contributed by atoms with Gasteiger partial charge in [-0.3, -0.25) is 4.55 Å². The van der Waals surface area contributed by atoms with Gasteiger partial charge in [-0.05, 0) is 24.3 Å². The van der Waals surface area contributed by atoms with Gasteiger partial charge in [0.25, 0.3) is 15.8 Å². The van der Waals surface area contributed by atoms with E-state index in [1.165, 1.54) is 0 Å². The number of hydrogen-bond acceptors (Lipinski definition) is 3. The minimum absolute atomic E-state index is 0.153. The number of phenols is 1. The molecule has 96 valence electrons. The van der Waals surface area contributed by atoms with Gasteiger partial charge in [0.1, 0.15) is 6.21 Å². The summed E-state index contributed by atoms with van der Waals surface area (Å²) in [7, 11) is -3.95. The van der Waals surface area contributed by atoms with Crippen molar-refractivity contribution in [3.05, 3.63) is 29.8 Å². The van der Waals surface area contributed by atoms with Gasteiger partial charge in [0, 0.05) is 6.42 Å². The molecule has 0 radical (unpaired) electrons. The summed E-state index contributed by atoms with van der Waals surface area (Å²) in [4.78, 5) is 0. The average molecular weight is 268 g/mol. The van der Waals surface area contributed by atoms with Gasteiger partial charge in [-0.2, -0.15) is 13.0 Å². The topological polar surface area (TPSA) is 77.6 Å². The minimum Gasteiger partial charge on any atom is -0.502 e. The Hall–Kier alpha value is -1.66. The van der Waals surface area contributed by atoms with Gasteiger partial charge < -0.3 is 5.11 Å². The van der Waals surface area contributed by atoms with E-state index in [1.54, 1.807) is 22.9 Å². The number of aromatic hydroxyl groups is 1. The van der Waals surface area contributed by atoms with E-state index in [-0.39, 0.29) is 17.9 Å². The third kappa shape index (κ3) is 2.96. The summed E-state index contributed by atoms with van der Waals surface area (Å²) in [5, 5.41) is 9.82. The molecule has 2 N–H and O–H groups in total. The number of hydrogen-bond donors (Lipinski definition) is 2. The van der Waals surface area contributed by atoms with Gasteiger partial charge in [0.05, 0.1) is 11.3 Å². The molecule has 1 aliphatic rings. The van der Waals surface area contributed by atoms with Crippen LogP contribution in [0.2, 0.25) is 0 Å². The molecule has 0 atom stereocenters. The molecule has 0 aromatic heterocycles. The Kier molecular flexibility index (Phi) is 3.49. The van der Waals surface area contributed by atoms with Crippen LogP contribution in [0.1, 0.15) is 12.0 Å². The first kappa shape index (κ1) is 12.8. The smallest absolute Gasteiger partial charge is 0.265 e. The predicted octanol–water partition coefficient (Wildman–Crippen LogP) is 1.41. The molecule has 0 aliphatic carbocycles. The first-order valence-corrected chi connectivity index (χ1v) is 7.12. The maximum Gasteiger partial charge on any atom is 0.265 e. The number of benzene rings is 1. The first-order chi connectivity index (χ1) is 8.47. The normalized spacial score (nSPS) is 16.8. The lowest BCUT2D eigenvalue weighted by Gasteiger charge is -2.10. The second kappa shape index (κ2) is 4.91. The summed E-state index contributed by atoms with van der Waals surface area (Å²) < 4.78 is 31.7. The van der Waals surface area contributed by atoms with Crippen LogP contribution >= 0.6 is 0 Å². The van der Waals surface area contributed by atoms with Gasteiger partial charge in [-0.25, -0.2) is 0 Å². The summed E-state index contributed by atoms with van der Waals surface area (Å²) in [5.41, 5.74) is 1.54. The predicted molar refractivity (Wildman–Crippen MR) is 69.0 cm³/mol. The molecule has 1 heterocycles. The lowest BCUT2D eigenvalue weighted by Crippen LogP contribution is -2.14. The highest BCUT2D eigenvalue weighted by Gasteiger charge is 2.20. The molecule has 0 spiro atoms. The molecule has 0 saturated heterocycles. The van der Waals surface area contributed by atoms with Crippen molar-refractivity contribution in [2.24, 2.45) is 0 Å². The zero-order chi connectivity index (χ0) is 13.2. The van der Waals surface area contributed by atoms with Crippen LogP contribution in [0.15, 0.2) is 24.3 Å². The van der Waals surface area contributed by atoms with E-state index >= 15 is 0 Å². The van der Waals surface area contributed by atoms with Gasteiger partial charge >= 0.3 is 0 Å². The fourth-order valence-corrected chi connectivity index (χ4v) is 2.31. The summed E-state index contributed by atoms with van der Waals surface area (Å²) in [6.07, 6.45) is 5.68. The van der Waals surface area contributed by atoms with Crippen molar-refractivity contribution in [3.63, 3.8) is 0 Å². The van der Waals surface area contributed by atoms with Crippen LogP contribution in [0.5, 0.6) is 5.75 Å². The van der Waals surface area contributed by atoms with Crippen LogP contribution in [0.25, 0.3) is 6.08 Å². The van der Waals surface area contributed by atoms with E-state index in [4.69, 9.17) is 4.55 Å². The van der Waals surface area contributed by atoms with Crippen LogP contribution in [0.3, 0.4) is 0 Å². The highest BCUT2D eigenvalue weighted by molar-refractivity contribution is 7.85.